The van der Waals surface area contributed by atoms with Gasteiger partial charge in [-0.1, -0.05) is 6.42 Å². The molecule has 0 unspecified atom stereocenters. The number of hydrogen-bond donors (Lipinski definition) is 2. The van der Waals surface area contributed by atoms with Gasteiger partial charge in [-0.3, -0.25) is 9.59 Å². The molecule has 0 spiro atoms. The zero-order valence-corrected chi connectivity index (χ0v) is 9.45. The number of nitrogens with one attached hydrogen (secondary N) is 1. The zero-order valence-electron chi connectivity index (χ0n) is 9.45. The third kappa shape index (κ3) is 2.74. The first-order valence-corrected chi connectivity index (χ1v) is 6.17. The molecule has 2 saturated carbocycles. The Balaban J connectivity index is 1.69. The molecule has 2 aliphatic carbocycles. The average Bonchev–Trinajstić information content (AvgIpc) is 2.60. The van der Waals surface area contributed by atoms with Crippen LogP contribution in [-0.4, -0.2) is 23.0 Å². The van der Waals surface area contributed by atoms with E-state index < -0.39 is 5.97 Å². The molecular weight excluding hydrogens is 206 g/mol. The van der Waals surface area contributed by atoms with Gasteiger partial charge in [-0.15, -0.1) is 0 Å². The summed E-state index contributed by atoms with van der Waals surface area (Å²) in [6.45, 7) is 0. The second-order valence-corrected chi connectivity index (χ2v) is 5.11. The highest BCUT2D eigenvalue weighted by Gasteiger charge is 2.31. The van der Waals surface area contributed by atoms with Gasteiger partial charge in [-0.25, -0.2) is 0 Å². The maximum Gasteiger partial charge on any atom is 0.306 e. The van der Waals surface area contributed by atoms with Gasteiger partial charge in [0.25, 0.3) is 0 Å². The van der Waals surface area contributed by atoms with Gasteiger partial charge in [0.05, 0.1) is 5.92 Å². The van der Waals surface area contributed by atoms with Crippen molar-refractivity contribution in [2.45, 2.75) is 51.0 Å². The van der Waals surface area contributed by atoms with Gasteiger partial charge in [-0.05, 0) is 38.0 Å². The van der Waals surface area contributed by atoms with E-state index >= 15 is 0 Å². The molecule has 0 aromatic heterocycles. The van der Waals surface area contributed by atoms with E-state index in [2.05, 4.69) is 5.32 Å². The minimum Gasteiger partial charge on any atom is -0.481 e. The number of aliphatic carboxylic acids is 1. The van der Waals surface area contributed by atoms with Crippen molar-refractivity contribution in [1.29, 1.82) is 0 Å². The summed E-state index contributed by atoms with van der Waals surface area (Å²) in [6.07, 6.45) is 6.35. The third-order valence-corrected chi connectivity index (χ3v) is 3.85. The van der Waals surface area contributed by atoms with Crippen molar-refractivity contribution in [1.82, 2.24) is 5.32 Å². The number of carbonyl (C=O) groups is 2. The van der Waals surface area contributed by atoms with E-state index in [0.29, 0.717) is 25.2 Å². The quantitative estimate of drug-likeness (QED) is 0.762. The molecule has 0 bridgehead atoms. The molecule has 0 heterocycles. The van der Waals surface area contributed by atoms with Gasteiger partial charge >= 0.3 is 5.97 Å². The molecule has 0 radical (unpaired) electrons. The standard InChI is InChI=1S/C12H19NO3/c14-11(6-8-2-1-3-8)13-10-5-4-9(7-10)12(15)16/h8-10H,1-7H2,(H,13,14)(H,15,16)/t9-,10+/m0/s1. The predicted octanol–water partition coefficient (Wildman–Crippen LogP) is 1.55. The van der Waals surface area contributed by atoms with Crippen LogP contribution in [0.15, 0.2) is 0 Å². The molecule has 2 rings (SSSR count). The number of carboxylic acids is 1. The highest BCUT2D eigenvalue weighted by molar-refractivity contribution is 5.77. The lowest BCUT2D eigenvalue weighted by Gasteiger charge is -2.25. The fraction of sp³-hybridized carbons (Fsp3) is 0.833. The Hall–Kier alpha value is -1.06. The van der Waals surface area contributed by atoms with Gasteiger partial charge in [-0.2, -0.15) is 0 Å². The van der Waals surface area contributed by atoms with E-state index in [1.165, 1.54) is 19.3 Å². The smallest absolute Gasteiger partial charge is 0.306 e. The zero-order chi connectivity index (χ0) is 11.5. The summed E-state index contributed by atoms with van der Waals surface area (Å²) in [7, 11) is 0. The molecule has 0 saturated heterocycles. The van der Waals surface area contributed by atoms with Crippen LogP contribution in [0.5, 0.6) is 0 Å². The van der Waals surface area contributed by atoms with Crippen molar-refractivity contribution < 1.29 is 14.7 Å². The fourth-order valence-corrected chi connectivity index (χ4v) is 2.58. The van der Waals surface area contributed by atoms with Gasteiger partial charge in [0.15, 0.2) is 0 Å². The van der Waals surface area contributed by atoms with E-state index in [9.17, 15) is 9.59 Å². The first kappa shape index (κ1) is 11.4. The summed E-state index contributed by atoms with van der Waals surface area (Å²) in [5.74, 6) is -0.290. The van der Waals surface area contributed by atoms with E-state index in [4.69, 9.17) is 5.11 Å². The molecule has 2 N–H and O–H groups in total. The number of amides is 1. The van der Waals surface area contributed by atoms with E-state index in [0.717, 1.165) is 6.42 Å². The maximum absolute atomic E-state index is 11.6. The topological polar surface area (TPSA) is 66.4 Å². The van der Waals surface area contributed by atoms with Crippen molar-refractivity contribution in [3.05, 3.63) is 0 Å². The molecule has 2 atom stereocenters. The predicted molar refractivity (Wildman–Crippen MR) is 58.9 cm³/mol. The molecule has 2 aliphatic rings. The molecule has 2 fully saturated rings. The molecule has 16 heavy (non-hydrogen) atoms. The largest absolute Gasteiger partial charge is 0.481 e. The normalized spacial score (nSPS) is 29.8. The molecule has 90 valence electrons. The SMILES string of the molecule is O=C(CC1CCC1)N[C@@H]1CC[C@H](C(=O)O)C1. The fourth-order valence-electron chi connectivity index (χ4n) is 2.58. The highest BCUT2D eigenvalue weighted by Crippen LogP contribution is 2.30. The van der Waals surface area contributed by atoms with Crippen LogP contribution in [0, 0.1) is 11.8 Å². The summed E-state index contributed by atoms with van der Waals surface area (Å²) < 4.78 is 0. The Bertz CT molecular complexity index is 286. The minimum absolute atomic E-state index is 0.0914. The number of rotatable bonds is 4. The monoisotopic (exact) mass is 225 g/mol. The molecule has 4 heteroatoms. The van der Waals surface area contributed by atoms with Crippen LogP contribution >= 0.6 is 0 Å². The van der Waals surface area contributed by atoms with E-state index in [1.54, 1.807) is 0 Å². The van der Waals surface area contributed by atoms with Crippen molar-refractivity contribution in [3.8, 4) is 0 Å². The molecule has 1 amide bonds. The van der Waals surface area contributed by atoms with Crippen molar-refractivity contribution in [2.75, 3.05) is 0 Å². The first-order chi connectivity index (χ1) is 7.65. The number of carbonyl (C=O) groups excluding carboxylic acids is 1. The minimum atomic E-state index is -0.726. The van der Waals surface area contributed by atoms with Crippen LogP contribution in [0.3, 0.4) is 0 Å². The van der Waals surface area contributed by atoms with Crippen molar-refractivity contribution >= 4 is 11.9 Å². The first-order valence-electron chi connectivity index (χ1n) is 6.17. The van der Waals surface area contributed by atoms with Crippen molar-refractivity contribution in [3.63, 3.8) is 0 Å². The molecular formula is C12H19NO3. The van der Waals surface area contributed by atoms with Crippen LogP contribution in [0.4, 0.5) is 0 Å². The Morgan fingerprint density at radius 2 is 1.94 bits per heavy atom. The second kappa shape index (κ2) is 4.85. The van der Waals surface area contributed by atoms with Crippen LogP contribution < -0.4 is 5.32 Å². The maximum atomic E-state index is 11.6. The highest BCUT2D eigenvalue weighted by atomic mass is 16.4. The van der Waals surface area contributed by atoms with Gasteiger partial charge < -0.3 is 10.4 Å². The number of carboxylic acid groups (broad SMARTS) is 1. The number of hydrogen-bond acceptors (Lipinski definition) is 2. The summed E-state index contributed by atoms with van der Waals surface area (Å²) in [4.78, 5) is 22.4. The Labute approximate surface area is 95.4 Å². The van der Waals surface area contributed by atoms with Gasteiger partial charge in [0.2, 0.25) is 5.91 Å². The Morgan fingerprint density at radius 3 is 2.44 bits per heavy atom. The average molecular weight is 225 g/mol. The summed E-state index contributed by atoms with van der Waals surface area (Å²) in [5, 5.41) is 11.8. The third-order valence-electron chi connectivity index (χ3n) is 3.85. The summed E-state index contributed by atoms with van der Waals surface area (Å²) in [5.41, 5.74) is 0. The lowest BCUT2D eigenvalue weighted by molar-refractivity contribution is -0.141. The van der Waals surface area contributed by atoms with Crippen LogP contribution in [-0.2, 0) is 9.59 Å². The summed E-state index contributed by atoms with van der Waals surface area (Å²) >= 11 is 0. The van der Waals surface area contributed by atoms with Crippen LogP contribution in [0.25, 0.3) is 0 Å². The lowest BCUT2D eigenvalue weighted by Crippen LogP contribution is -2.35. The molecule has 4 nitrogen and oxygen atoms in total. The van der Waals surface area contributed by atoms with Gasteiger partial charge in [0, 0.05) is 12.5 Å². The lowest BCUT2D eigenvalue weighted by atomic mass is 9.83. The molecule has 0 aromatic carbocycles. The second-order valence-electron chi connectivity index (χ2n) is 5.11. The Morgan fingerprint density at radius 1 is 1.19 bits per heavy atom. The van der Waals surface area contributed by atoms with E-state index in [-0.39, 0.29) is 17.9 Å². The summed E-state index contributed by atoms with van der Waals surface area (Å²) in [6, 6.07) is 0.0914. The van der Waals surface area contributed by atoms with Gasteiger partial charge in [0.1, 0.15) is 0 Å². The molecule has 0 aliphatic heterocycles. The Kier molecular flexibility index (Phi) is 3.46. The molecule has 0 aromatic rings. The van der Waals surface area contributed by atoms with Crippen LogP contribution in [0.1, 0.15) is 44.9 Å². The van der Waals surface area contributed by atoms with Crippen LogP contribution in [0.2, 0.25) is 0 Å². The van der Waals surface area contributed by atoms with Crippen molar-refractivity contribution in [2.24, 2.45) is 11.8 Å². The van der Waals surface area contributed by atoms with E-state index in [1.807, 2.05) is 0 Å².